The van der Waals surface area contributed by atoms with Crippen LogP contribution in [0.1, 0.15) is 0 Å². The highest BCUT2D eigenvalue weighted by Crippen LogP contribution is 2.31. The number of methoxy groups -OCH3 is 1. The number of rotatable bonds is 9. The molecule has 0 atom stereocenters. The zero-order chi connectivity index (χ0) is 25.1. The molecular weight excluding hydrogens is 498 g/mol. The Morgan fingerprint density at radius 3 is 1.71 bits per heavy atom. The van der Waals surface area contributed by atoms with E-state index in [-0.39, 0.29) is 17.1 Å². The van der Waals surface area contributed by atoms with Gasteiger partial charge in [0.2, 0.25) is 0 Å². The maximum Gasteiger partial charge on any atom is 0.265 e. The van der Waals surface area contributed by atoms with Crippen molar-refractivity contribution >= 4 is 42.8 Å². The van der Waals surface area contributed by atoms with Gasteiger partial charge in [-0.3, -0.25) is 9.44 Å². The first kappa shape index (κ1) is 24.7. The van der Waals surface area contributed by atoms with Crippen molar-refractivity contribution in [2.75, 3.05) is 16.6 Å². The second-order valence-electron chi connectivity index (χ2n) is 6.54. The Kier molecular flexibility index (Phi) is 6.88. The van der Waals surface area contributed by atoms with Crippen molar-refractivity contribution in [2.24, 2.45) is 10.4 Å². The van der Waals surface area contributed by atoms with Crippen LogP contribution in [0.3, 0.4) is 0 Å². The van der Waals surface area contributed by atoms with E-state index in [1.54, 1.807) is 0 Å². The van der Waals surface area contributed by atoms with Gasteiger partial charge >= 0.3 is 0 Å². The second kappa shape index (κ2) is 9.48. The van der Waals surface area contributed by atoms with E-state index in [4.69, 9.17) is 4.74 Å². The Hall–Kier alpha value is -3.98. The molecule has 11 nitrogen and oxygen atoms in total. The summed E-state index contributed by atoms with van der Waals surface area (Å²) in [4.78, 5) is 20.2. The van der Waals surface area contributed by atoms with Gasteiger partial charge in [-0.2, -0.15) is 0 Å². The van der Waals surface area contributed by atoms with Gasteiger partial charge in [-0.1, -0.05) is 0 Å². The molecule has 0 aliphatic rings. The predicted octanol–water partition coefficient (Wildman–Crippen LogP) is 4.37. The minimum Gasteiger partial charge on any atom is -0.495 e. The molecule has 3 rings (SSSR count). The summed E-state index contributed by atoms with van der Waals surface area (Å²) in [5, 5.41) is 4.90. The molecule has 3 aromatic rings. The van der Waals surface area contributed by atoms with Gasteiger partial charge < -0.3 is 4.74 Å². The number of benzene rings is 3. The van der Waals surface area contributed by atoms with Crippen molar-refractivity contribution in [1.82, 2.24) is 0 Å². The highest BCUT2D eigenvalue weighted by Gasteiger charge is 2.25. The van der Waals surface area contributed by atoms with E-state index < -0.39 is 52.8 Å². The van der Waals surface area contributed by atoms with Gasteiger partial charge in [0.05, 0.1) is 23.4 Å². The molecule has 0 aliphatic carbocycles. The van der Waals surface area contributed by atoms with Crippen LogP contribution in [0.2, 0.25) is 0 Å². The number of halogens is 2. The molecule has 0 saturated carbocycles. The van der Waals surface area contributed by atoms with E-state index in [0.29, 0.717) is 0 Å². The van der Waals surface area contributed by atoms with Crippen LogP contribution < -0.4 is 14.2 Å². The zero-order valence-corrected chi connectivity index (χ0v) is 18.7. The molecule has 0 saturated heterocycles. The van der Waals surface area contributed by atoms with Gasteiger partial charge in [0, 0.05) is 0 Å². The summed E-state index contributed by atoms with van der Waals surface area (Å²) in [7, 11) is -7.77. The van der Waals surface area contributed by atoms with Crippen molar-refractivity contribution in [3.63, 3.8) is 0 Å². The number of sulfonamides is 2. The minimum atomic E-state index is -4.51. The van der Waals surface area contributed by atoms with Crippen LogP contribution in [0.25, 0.3) is 0 Å². The molecule has 0 spiro atoms. The van der Waals surface area contributed by atoms with Gasteiger partial charge in [-0.25, -0.2) is 25.6 Å². The Morgan fingerprint density at radius 1 is 0.735 bits per heavy atom. The molecule has 0 unspecified atom stereocenters. The summed E-state index contributed by atoms with van der Waals surface area (Å²) in [6.45, 7) is 0. The lowest BCUT2D eigenvalue weighted by atomic mass is 10.3. The van der Waals surface area contributed by atoms with E-state index >= 15 is 0 Å². The molecule has 0 bridgehead atoms. The molecule has 0 heterocycles. The van der Waals surface area contributed by atoms with Crippen LogP contribution in [-0.2, 0) is 20.0 Å². The number of nitroso groups, excluding NO2 is 2. The van der Waals surface area contributed by atoms with Crippen LogP contribution >= 0.6 is 0 Å². The van der Waals surface area contributed by atoms with E-state index in [2.05, 4.69) is 19.8 Å². The second-order valence-corrected chi connectivity index (χ2v) is 9.87. The predicted molar refractivity (Wildman–Crippen MR) is 118 cm³/mol. The molecule has 0 aliphatic heterocycles. The van der Waals surface area contributed by atoms with Crippen LogP contribution in [0.4, 0.5) is 31.5 Å². The van der Waals surface area contributed by atoms with Crippen molar-refractivity contribution in [2.45, 2.75) is 9.79 Å². The SMILES string of the molecule is COc1ccc(S(=O)(=O)Nc2ccc(F)c(N=O)c2)cc1S(=O)(=O)Nc1ccc(F)c(N=O)c1. The molecule has 2 N–H and O–H groups in total. The van der Waals surface area contributed by atoms with E-state index in [1.807, 2.05) is 0 Å². The summed E-state index contributed by atoms with van der Waals surface area (Å²) in [5.41, 5.74) is -1.69. The fourth-order valence-electron chi connectivity index (χ4n) is 2.75. The lowest BCUT2D eigenvalue weighted by Crippen LogP contribution is -2.17. The molecule has 178 valence electrons. The monoisotopic (exact) mass is 512 g/mol. The first-order valence-electron chi connectivity index (χ1n) is 9.00. The Morgan fingerprint density at radius 2 is 1.24 bits per heavy atom. The molecule has 0 aromatic heterocycles. The highest BCUT2D eigenvalue weighted by molar-refractivity contribution is 7.93. The van der Waals surface area contributed by atoms with E-state index in [0.717, 1.165) is 61.7 Å². The van der Waals surface area contributed by atoms with Gasteiger partial charge in [0.25, 0.3) is 20.0 Å². The van der Waals surface area contributed by atoms with Crippen LogP contribution in [0.15, 0.2) is 74.7 Å². The van der Waals surface area contributed by atoms with Crippen LogP contribution in [0.5, 0.6) is 5.75 Å². The summed E-state index contributed by atoms with van der Waals surface area (Å²) in [6.07, 6.45) is 0. The fourth-order valence-corrected chi connectivity index (χ4v) is 5.15. The number of hydrogen-bond acceptors (Lipinski definition) is 9. The summed E-state index contributed by atoms with van der Waals surface area (Å²) in [6, 6.07) is 8.34. The van der Waals surface area contributed by atoms with Gasteiger partial charge in [-0.15, -0.1) is 9.81 Å². The third-order valence-corrected chi connectivity index (χ3v) is 7.11. The average Bonchev–Trinajstić information content (AvgIpc) is 2.80. The molecular formula is C19H14F2N4O7S2. The van der Waals surface area contributed by atoms with E-state index in [1.165, 1.54) is 0 Å². The fraction of sp³-hybridized carbons (Fsp3) is 0.0526. The average molecular weight is 512 g/mol. The lowest BCUT2D eigenvalue weighted by Gasteiger charge is -2.14. The first-order valence-corrected chi connectivity index (χ1v) is 12.0. The summed E-state index contributed by atoms with van der Waals surface area (Å²) < 4.78 is 87.5. The quantitative estimate of drug-likeness (QED) is 0.402. The van der Waals surface area contributed by atoms with Crippen LogP contribution in [-0.4, -0.2) is 23.9 Å². The third-order valence-electron chi connectivity index (χ3n) is 4.33. The Balaban J connectivity index is 2.00. The van der Waals surface area contributed by atoms with Crippen molar-refractivity contribution in [3.8, 4) is 5.75 Å². The number of ether oxygens (including phenoxy) is 1. The number of nitrogens with one attached hydrogen (secondary N) is 2. The van der Waals surface area contributed by atoms with Gasteiger partial charge in [0.15, 0.2) is 11.6 Å². The minimum absolute atomic E-state index is 0.199. The molecule has 0 radical (unpaired) electrons. The topological polar surface area (TPSA) is 160 Å². The maximum absolute atomic E-state index is 13.5. The van der Waals surface area contributed by atoms with E-state index in [9.17, 15) is 35.4 Å². The number of hydrogen-bond donors (Lipinski definition) is 2. The zero-order valence-electron chi connectivity index (χ0n) is 17.0. The first-order chi connectivity index (χ1) is 16.0. The standard InChI is InChI=1S/C19H14F2N4O7S2/c1-32-18-7-4-13(33(28,29)24-11-2-5-14(20)16(8-11)22-26)10-19(18)34(30,31)25-12-3-6-15(21)17(9-12)23-27/h2-10,24-25H,1H3. The van der Waals surface area contributed by atoms with Gasteiger partial charge in [-0.05, 0) is 65.0 Å². The van der Waals surface area contributed by atoms with Crippen molar-refractivity contribution in [3.05, 3.63) is 76.0 Å². The van der Waals surface area contributed by atoms with Crippen molar-refractivity contribution in [1.29, 1.82) is 0 Å². The van der Waals surface area contributed by atoms with Crippen molar-refractivity contribution < 1.29 is 30.4 Å². The molecule has 0 fully saturated rings. The third kappa shape index (κ3) is 5.15. The molecule has 34 heavy (non-hydrogen) atoms. The largest absolute Gasteiger partial charge is 0.495 e. The highest BCUT2D eigenvalue weighted by atomic mass is 32.2. The number of anilines is 2. The summed E-state index contributed by atoms with van der Waals surface area (Å²) >= 11 is 0. The Bertz CT molecular complexity index is 1500. The lowest BCUT2D eigenvalue weighted by molar-refractivity contribution is 0.402. The smallest absolute Gasteiger partial charge is 0.265 e. The van der Waals surface area contributed by atoms with Crippen LogP contribution in [0, 0.1) is 21.4 Å². The normalized spacial score (nSPS) is 11.5. The van der Waals surface area contributed by atoms with Gasteiger partial charge in [0.1, 0.15) is 22.0 Å². The molecule has 3 aromatic carbocycles. The molecule has 0 amide bonds. The summed E-state index contributed by atoms with van der Waals surface area (Å²) in [5.74, 6) is -2.16. The maximum atomic E-state index is 13.5. The number of nitrogens with zero attached hydrogens (tertiary/aromatic N) is 2. The molecule has 15 heteroatoms. The Labute approximate surface area is 191 Å².